The molecule has 0 atom stereocenters. The fourth-order valence-electron chi connectivity index (χ4n) is 1.23. The topological polar surface area (TPSA) is 83.4 Å². The first-order valence-electron chi connectivity index (χ1n) is 4.70. The Morgan fingerprint density at radius 3 is 2.28 bits per heavy atom. The van der Waals surface area contributed by atoms with E-state index in [9.17, 15) is 4.39 Å². The molecule has 88 valence electrons. The minimum atomic E-state index is -0.399. The molecule has 0 amide bonds. The van der Waals surface area contributed by atoms with Crippen LogP contribution in [0, 0.1) is 46.7 Å². The highest BCUT2D eigenvalue weighted by Gasteiger charge is 2.09. The molecular weight excluding hydrogens is 299 g/mol. The van der Waals surface area contributed by atoms with Crippen molar-refractivity contribution in [2.24, 2.45) is 0 Å². The second-order valence-electron chi connectivity index (χ2n) is 3.30. The second kappa shape index (κ2) is 5.82. The molecule has 0 bridgehead atoms. The van der Waals surface area contributed by atoms with Gasteiger partial charge in [-0.05, 0) is 40.5 Å². The number of halogens is 2. The molecule has 0 fully saturated rings. The van der Waals surface area contributed by atoms with E-state index in [-0.39, 0.29) is 15.7 Å². The van der Waals surface area contributed by atoms with Gasteiger partial charge in [0.15, 0.2) is 5.57 Å². The molecule has 1 N–H and O–H groups in total. The van der Waals surface area contributed by atoms with E-state index in [4.69, 9.17) is 15.8 Å². The number of hydrogen-bond donors (Lipinski definition) is 1. The SMILES string of the molecule is Cc1cc(NC(C#N)=C(C#N)C#N)cc(Br)c1F. The van der Waals surface area contributed by atoms with E-state index in [2.05, 4.69) is 21.2 Å². The Bertz CT molecular complexity index is 605. The number of anilines is 1. The van der Waals surface area contributed by atoms with Crippen molar-refractivity contribution in [3.63, 3.8) is 0 Å². The van der Waals surface area contributed by atoms with Crippen LogP contribution in [0.25, 0.3) is 0 Å². The summed E-state index contributed by atoms with van der Waals surface area (Å²) in [4.78, 5) is 0. The second-order valence-corrected chi connectivity index (χ2v) is 4.15. The molecule has 18 heavy (non-hydrogen) atoms. The summed E-state index contributed by atoms with van der Waals surface area (Å²) in [6.07, 6.45) is 0. The van der Waals surface area contributed by atoms with Gasteiger partial charge in [0.2, 0.25) is 0 Å². The number of nitrogens with one attached hydrogen (secondary N) is 1. The van der Waals surface area contributed by atoms with Crippen LogP contribution in [0.1, 0.15) is 5.56 Å². The number of nitrogens with zero attached hydrogens (tertiary/aromatic N) is 3. The molecular formula is C12H6BrFN4. The first kappa shape index (κ1) is 13.7. The van der Waals surface area contributed by atoms with Crippen LogP contribution in [0.3, 0.4) is 0 Å². The smallest absolute Gasteiger partial charge is 0.163 e. The van der Waals surface area contributed by atoms with Gasteiger partial charge >= 0.3 is 0 Å². The number of hydrogen-bond acceptors (Lipinski definition) is 4. The molecule has 0 unspecified atom stereocenters. The lowest BCUT2D eigenvalue weighted by molar-refractivity contribution is 0.612. The molecule has 0 saturated heterocycles. The van der Waals surface area contributed by atoms with Crippen molar-refractivity contribution < 1.29 is 4.39 Å². The van der Waals surface area contributed by atoms with E-state index in [1.165, 1.54) is 12.1 Å². The summed E-state index contributed by atoms with van der Waals surface area (Å²) in [6, 6.07) is 7.84. The molecule has 0 radical (unpaired) electrons. The Labute approximate surface area is 112 Å². The van der Waals surface area contributed by atoms with E-state index >= 15 is 0 Å². The highest BCUT2D eigenvalue weighted by molar-refractivity contribution is 9.10. The third-order valence-electron chi connectivity index (χ3n) is 2.06. The van der Waals surface area contributed by atoms with Gasteiger partial charge in [0.05, 0.1) is 4.47 Å². The first-order chi connectivity index (χ1) is 8.53. The molecule has 0 aliphatic heterocycles. The van der Waals surface area contributed by atoms with Crippen LogP contribution in [0.4, 0.5) is 10.1 Å². The normalized spacial score (nSPS) is 8.67. The Balaban J connectivity index is 3.22. The quantitative estimate of drug-likeness (QED) is 0.851. The van der Waals surface area contributed by atoms with Crippen LogP contribution in [0.5, 0.6) is 0 Å². The zero-order chi connectivity index (χ0) is 13.7. The van der Waals surface area contributed by atoms with Gasteiger partial charge in [-0.1, -0.05) is 0 Å². The third kappa shape index (κ3) is 2.85. The van der Waals surface area contributed by atoms with Gasteiger partial charge in [-0.25, -0.2) is 4.39 Å². The monoisotopic (exact) mass is 304 g/mol. The van der Waals surface area contributed by atoms with Crippen LogP contribution in [-0.2, 0) is 0 Å². The van der Waals surface area contributed by atoms with Crippen LogP contribution in [-0.4, -0.2) is 0 Å². The van der Waals surface area contributed by atoms with Crippen LogP contribution >= 0.6 is 15.9 Å². The average Bonchev–Trinajstić information content (AvgIpc) is 2.35. The number of benzene rings is 1. The van der Waals surface area contributed by atoms with E-state index in [1.807, 2.05) is 0 Å². The molecule has 0 aliphatic carbocycles. The summed E-state index contributed by atoms with van der Waals surface area (Å²) >= 11 is 3.04. The van der Waals surface area contributed by atoms with E-state index in [0.717, 1.165) is 0 Å². The van der Waals surface area contributed by atoms with Crippen molar-refractivity contribution in [1.82, 2.24) is 0 Å². The van der Waals surface area contributed by atoms with Crippen molar-refractivity contribution >= 4 is 21.6 Å². The summed E-state index contributed by atoms with van der Waals surface area (Å²) < 4.78 is 13.6. The molecule has 4 nitrogen and oxygen atoms in total. The maximum Gasteiger partial charge on any atom is 0.163 e. The predicted molar refractivity (Wildman–Crippen MR) is 66.3 cm³/mol. The van der Waals surface area contributed by atoms with Crippen molar-refractivity contribution in [2.45, 2.75) is 6.92 Å². The molecule has 0 spiro atoms. The molecule has 0 aliphatic rings. The highest BCUT2D eigenvalue weighted by Crippen LogP contribution is 2.24. The minimum Gasteiger partial charge on any atom is -0.345 e. The standard InChI is InChI=1S/C12H6BrFN4/c1-7-2-9(3-10(13)12(7)14)18-11(6-17)8(4-15)5-16/h2-3,18H,1H3. The first-order valence-corrected chi connectivity index (χ1v) is 5.50. The Kier molecular flexibility index (Phi) is 4.43. The molecule has 6 heteroatoms. The minimum absolute atomic E-state index is 0.169. The highest BCUT2D eigenvalue weighted by atomic mass is 79.9. The van der Waals surface area contributed by atoms with E-state index in [0.29, 0.717) is 11.3 Å². The van der Waals surface area contributed by atoms with Gasteiger partial charge in [0.1, 0.15) is 29.7 Å². The number of aryl methyl sites for hydroxylation is 1. The molecule has 1 aromatic rings. The summed E-state index contributed by atoms with van der Waals surface area (Å²) in [5.41, 5.74) is 0.300. The fraction of sp³-hybridized carbons (Fsp3) is 0.0833. The Hall–Kier alpha value is -2.36. The zero-order valence-electron chi connectivity index (χ0n) is 9.25. The summed E-state index contributed by atoms with van der Waals surface area (Å²) in [7, 11) is 0. The van der Waals surface area contributed by atoms with Crippen LogP contribution in [0.15, 0.2) is 27.9 Å². The van der Waals surface area contributed by atoms with Crippen LogP contribution < -0.4 is 5.32 Å². The Morgan fingerprint density at radius 2 is 1.83 bits per heavy atom. The number of rotatable bonds is 2. The van der Waals surface area contributed by atoms with Crippen molar-refractivity contribution in [2.75, 3.05) is 5.32 Å². The summed E-state index contributed by atoms with van der Waals surface area (Å²) in [6.45, 7) is 1.57. The maximum atomic E-state index is 13.4. The molecule has 1 aromatic carbocycles. The largest absolute Gasteiger partial charge is 0.345 e. The zero-order valence-corrected chi connectivity index (χ0v) is 10.8. The van der Waals surface area contributed by atoms with Crippen molar-refractivity contribution in [3.8, 4) is 18.2 Å². The van der Waals surface area contributed by atoms with Crippen LogP contribution in [0.2, 0.25) is 0 Å². The van der Waals surface area contributed by atoms with Crippen molar-refractivity contribution in [1.29, 1.82) is 15.8 Å². The third-order valence-corrected chi connectivity index (χ3v) is 2.64. The number of allylic oxidation sites excluding steroid dienone is 2. The van der Waals surface area contributed by atoms with Gasteiger partial charge in [0, 0.05) is 5.69 Å². The molecule has 1 rings (SSSR count). The van der Waals surface area contributed by atoms with Gasteiger partial charge in [-0.2, -0.15) is 15.8 Å². The Morgan fingerprint density at radius 1 is 1.22 bits per heavy atom. The predicted octanol–water partition coefficient (Wildman–Crippen LogP) is 3.13. The summed E-state index contributed by atoms with van der Waals surface area (Å²) in [5, 5.41) is 28.8. The van der Waals surface area contributed by atoms with E-state index in [1.54, 1.807) is 25.1 Å². The van der Waals surface area contributed by atoms with Gasteiger partial charge < -0.3 is 5.32 Å². The fourth-order valence-corrected chi connectivity index (χ4v) is 1.79. The van der Waals surface area contributed by atoms with Gasteiger partial charge in [-0.3, -0.25) is 0 Å². The molecule has 0 heterocycles. The van der Waals surface area contributed by atoms with E-state index < -0.39 is 5.82 Å². The average molecular weight is 305 g/mol. The maximum absolute atomic E-state index is 13.4. The lowest BCUT2D eigenvalue weighted by Gasteiger charge is -2.07. The van der Waals surface area contributed by atoms with Gasteiger partial charge in [0.25, 0.3) is 0 Å². The number of nitriles is 3. The molecule has 0 aromatic heterocycles. The van der Waals surface area contributed by atoms with Crippen molar-refractivity contribution in [3.05, 3.63) is 39.3 Å². The summed E-state index contributed by atoms with van der Waals surface area (Å²) in [5.74, 6) is -0.399. The van der Waals surface area contributed by atoms with Gasteiger partial charge in [-0.15, -0.1) is 0 Å². The molecule has 0 saturated carbocycles. The lowest BCUT2D eigenvalue weighted by atomic mass is 10.2. The lowest BCUT2D eigenvalue weighted by Crippen LogP contribution is -2.01.